The van der Waals surface area contributed by atoms with Gasteiger partial charge in [0.1, 0.15) is 4.83 Å². The summed E-state index contributed by atoms with van der Waals surface area (Å²) in [7, 11) is 0. The number of nitrogens with zero attached hydrogens (tertiary/aromatic N) is 1. The highest BCUT2D eigenvalue weighted by Gasteiger charge is 2.23. The van der Waals surface area contributed by atoms with Crippen molar-refractivity contribution in [1.29, 1.82) is 0 Å². The van der Waals surface area contributed by atoms with Crippen LogP contribution >= 0.6 is 23.1 Å². The molecule has 0 unspecified atom stereocenters. The van der Waals surface area contributed by atoms with Gasteiger partial charge in [0.05, 0.1) is 11.4 Å². The zero-order chi connectivity index (χ0) is 15.1. The van der Waals surface area contributed by atoms with Crippen LogP contribution < -0.4 is 10.7 Å². The molecule has 0 aliphatic heterocycles. The van der Waals surface area contributed by atoms with Crippen molar-refractivity contribution in [2.24, 2.45) is 5.92 Å². The molecular weight excluding hydrogens is 308 g/mol. The Bertz CT molecular complexity index is 765. The Morgan fingerprint density at radius 2 is 2.33 bits per heavy atom. The average molecular weight is 323 g/mol. The first-order valence-electron chi connectivity index (χ1n) is 6.87. The van der Waals surface area contributed by atoms with E-state index >= 15 is 0 Å². The van der Waals surface area contributed by atoms with Gasteiger partial charge in [0.15, 0.2) is 5.16 Å². The van der Waals surface area contributed by atoms with E-state index in [0.29, 0.717) is 21.3 Å². The van der Waals surface area contributed by atoms with Crippen LogP contribution in [0.25, 0.3) is 10.2 Å². The lowest BCUT2D eigenvalue weighted by Gasteiger charge is -2.17. The van der Waals surface area contributed by atoms with Crippen LogP contribution in [0.4, 0.5) is 0 Å². The number of carbonyl (C=O) groups is 1. The fraction of sp³-hybridized carbons (Fsp3) is 0.500. The molecule has 2 aromatic heterocycles. The molecule has 1 aliphatic carbocycles. The number of nitrogens with one attached hydrogen (secondary N) is 1. The second-order valence-corrected chi connectivity index (χ2v) is 7.90. The third-order valence-electron chi connectivity index (χ3n) is 3.76. The summed E-state index contributed by atoms with van der Waals surface area (Å²) in [5.74, 6) is -0.529. The van der Waals surface area contributed by atoms with Crippen LogP contribution in [-0.2, 0) is 17.6 Å². The lowest BCUT2D eigenvalue weighted by Crippen LogP contribution is -2.31. The molecule has 1 aliphatic rings. The zero-order valence-electron chi connectivity index (χ0n) is 11.8. The van der Waals surface area contributed by atoms with Gasteiger partial charge in [-0.1, -0.05) is 18.7 Å². The SMILES string of the molecule is C[C@@H]1CCc2c(sc3nc(S[C@@H](C)C(=O)[O-])[nH]c(=O)c23)C1. The van der Waals surface area contributed by atoms with Crippen molar-refractivity contribution in [3.05, 3.63) is 20.8 Å². The second kappa shape index (κ2) is 5.46. The predicted molar refractivity (Wildman–Crippen MR) is 81.8 cm³/mol. The molecule has 3 rings (SSSR count). The second-order valence-electron chi connectivity index (χ2n) is 5.48. The molecule has 0 fully saturated rings. The first kappa shape index (κ1) is 14.6. The fourth-order valence-corrected chi connectivity index (χ4v) is 4.77. The highest BCUT2D eigenvalue weighted by molar-refractivity contribution is 8.00. The van der Waals surface area contributed by atoms with Crippen LogP contribution in [0.3, 0.4) is 0 Å². The molecule has 0 saturated heterocycles. The van der Waals surface area contributed by atoms with E-state index < -0.39 is 11.2 Å². The monoisotopic (exact) mass is 323 g/mol. The number of aliphatic carboxylic acids is 1. The molecule has 2 atom stereocenters. The highest BCUT2D eigenvalue weighted by atomic mass is 32.2. The quantitative estimate of drug-likeness (QED) is 0.680. The number of fused-ring (bicyclic) bond motifs is 3. The topological polar surface area (TPSA) is 85.9 Å². The van der Waals surface area contributed by atoms with Gasteiger partial charge in [-0.25, -0.2) is 4.98 Å². The Hall–Kier alpha value is -1.34. The lowest BCUT2D eigenvalue weighted by atomic mass is 9.89. The van der Waals surface area contributed by atoms with Gasteiger partial charge in [0, 0.05) is 10.1 Å². The molecule has 1 N–H and O–H groups in total. The van der Waals surface area contributed by atoms with E-state index in [-0.39, 0.29) is 5.56 Å². The van der Waals surface area contributed by atoms with Crippen molar-refractivity contribution in [3.63, 3.8) is 0 Å². The van der Waals surface area contributed by atoms with E-state index in [1.165, 1.54) is 11.8 Å². The van der Waals surface area contributed by atoms with E-state index in [1.54, 1.807) is 11.3 Å². The van der Waals surface area contributed by atoms with Crippen LogP contribution in [0.15, 0.2) is 9.95 Å². The Balaban J connectivity index is 2.05. The van der Waals surface area contributed by atoms with Crippen molar-refractivity contribution < 1.29 is 9.90 Å². The summed E-state index contributed by atoms with van der Waals surface area (Å²) in [5.41, 5.74) is 0.964. The van der Waals surface area contributed by atoms with Crippen LogP contribution in [0.1, 0.15) is 30.7 Å². The summed E-state index contributed by atoms with van der Waals surface area (Å²) in [6.45, 7) is 3.74. The van der Waals surface area contributed by atoms with Crippen molar-refractivity contribution >= 4 is 39.3 Å². The van der Waals surface area contributed by atoms with E-state index in [4.69, 9.17) is 0 Å². The third kappa shape index (κ3) is 2.72. The number of aryl methyl sites for hydroxylation is 1. The number of thiophene rings is 1. The van der Waals surface area contributed by atoms with E-state index in [1.807, 2.05) is 0 Å². The van der Waals surface area contributed by atoms with Gasteiger partial charge in [-0.05, 0) is 37.7 Å². The summed E-state index contributed by atoms with van der Waals surface area (Å²) >= 11 is 2.56. The first-order valence-corrected chi connectivity index (χ1v) is 8.57. The van der Waals surface area contributed by atoms with Crippen LogP contribution in [-0.4, -0.2) is 21.2 Å². The van der Waals surface area contributed by atoms with Crippen molar-refractivity contribution in [2.75, 3.05) is 0 Å². The molecule has 0 amide bonds. The van der Waals surface area contributed by atoms with Gasteiger partial charge < -0.3 is 14.9 Å². The van der Waals surface area contributed by atoms with Crippen LogP contribution in [0.2, 0.25) is 0 Å². The smallest absolute Gasteiger partial charge is 0.260 e. The average Bonchev–Trinajstić information content (AvgIpc) is 2.75. The minimum Gasteiger partial charge on any atom is -0.549 e. The Kier molecular flexibility index (Phi) is 3.79. The maximum atomic E-state index is 12.3. The molecule has 0 bridgehead atoms. The molecule has 0 spiro atoms. The number of aromatic nitrogens is 2. The largest absolute Gasteiger partial charge is 0.549 e. The van der Waals surface area contributed by atoms with E-state index in [0.717, 1.165) is 36.6 Å². The molecule has 2 aromatic rings. The van der Waals surface area contributed by atoms with Gasteiger partial charge in [-0.2, -0.15) is 0 Å². The number of hydrogen-bond donors (Lipinski definition) is 1. The molecule has 21 heavy (non-hydrogen) atoms. The number of hydrogen-bond acceptors (Lipinski definition) is 6. The van der Waals surface area contributed by atoms with Crippen molar-refractivity contribution in [1.82, 2.24) is 9.97 Å². The standard InChI is InChI=1S/C14H16N2O3S2/c1-6-3-4-8-9(5-6)21-12-10(8)11(17)15-14(16-12)20-7(2)13(18)19/h6-7H,3-5H2,1-2H3,(H,18,19)(H,15,16,17)/p-1/t6-,7+/m1/s1. The minimum absolute atomic E-state index is 0.167. The van der Waals surface area contributed by atoms with Crippen molar-refractivity contribution in [2.45, 2.75) is 43.5 Å². The van der Waals surface area contributed by atoms with Crippen LogP contribution in [0.5, 0.6) is 0 Å². The van der Waals surface area contributed by atoms with Gasteiger partial charge >= 0.3 is 0 Å². The maximum Gasteiger partial charge on any atom is 0.260 e. The summed E-state index contributed by atoms with van der Waals surface area (Å²) in [4.78, 5) is 32.2. The molecule has 2 heterocycles. The predicted octanol–water partition coefficient (Wildman–Crippen LogP) is 1.34. The molecule has 112 valence electrons. The van der Waals surface area contributed by atoms with Gasteiger partial charge in [-0.15, -0.1) is 11.3 Å². The zero-order valence-corrected chi connectivity index (χ0v) is 13.4. The Morgan fingerprint density at radius 3 is 3.05 bits per heavy atom. The number of carboxylic acids is 1. The van der Waals surface area contributed by atoms with Crippen LogP contribution in [0, 0.1) is 5.92 Å². The molecule has 0 saturated carbocycles. The molecule has 5 nitrogen and oxygen atoms in total. The number of carboxylic acid groups (broad SMARTS) is 1. The fourth-order valence-electron chi connectivity index (χ4n) is 2.60. The molecule has 7 heteroatoms. The highest BCUT2D eigenvalue weighted by Crippen LogP contribution is 2.36. The van der Waals surface area contributed by atoms with E-state index in [9.17, 15) is 14.7 Å². The molecular formula is C14H15N2O3S2-. The molecule has 0 radical (unpaired) electrons. The summed E-state index contributed by atoms with van der Waals surface area (Å²) < 4.78 is 0. The number of aromatic amines is 1. The number of carbonyl (C=O) groups excluding carboxylic acids is 1. The Morgan fingerprint density at radius 1 is 1.57 bits per heavy atom. The number of H-pyrrole nitrogens is 1. The normalized spacial score (nSPS) is 19.4. The number of rotatable bonds is 3. The molecule has 0 aromatic carbocycles. The minimum atomic E-state index is -1.16. The van der Waals surface area contributed by atoms with Gasteiger partial charge in [0.2, 0.25) is 0 Å². The van der Waals surface area contributed by atoms with Crippen molar-refractivity contribution in [3.8, 4) is 0 Å². The number of thioether (sulfide) groups is 1. The summed E-state index contributed by atoms with van der Waals surface area (Å²) in [5, 5.41) is 11.1. The lowest BCUT2D eigenvalue weighted by molar-refractivity contribution is -0.304. The summed E-state index contributed by atoms with van der Waals surface area (Å²) in [6.07, 6.45) is 3.01. The Labute approximate surface area is 129 Å². The van der Waals surface area contributed by atoms with Gasteiger partial charge in [0.25, 0.3) is 5.56 Å². The van der Waals surface area contributed by atoms with E-state index in [2.05, 4.69) is 16.9 Å². The third-order valence-corrected chi connectivity index (χ3v) is 5.87. The summed E-state index contributed by atoms with van der Waals surface area (Å²) in [6, 6.07) is 0. The maximum absolute atomic E-state index is 12.3. The van der Waals surface area contributed by atoms with Gasteiger partial charge in [-0.3, -0.25) is 4.79 Å². The first-order chi connectivity index (χ1) is 9.95.